The Kier molecular flexibility index (Phi) is 5.38. The molecule has 2 aliphatic rings. The Morgan fingerprint density at radius 3 is 2.79 bits per heavy atom. The summed E-state index contributed by atoms with van der Waals surface area (Å²) in [5, 5.41) is 4.99. The predicted molar refractivity (Wildman–Crippen MR) is 83.5 cm³/mol. The molecule has 2 unspecified atom stereocenters. The first-order valence-corrected chi connectivity index (χ1v) is 7.35. The van der Waals surface area contributed by atoms with Gasteiger partial charge in [0, 0.05) is 23.1 Å². The van der Waals surface area contributed by atoms with Gasteiger partial charge in [0.1, 0.15) is 0 Å². The molecule has 0 aromatic heterocycles. The molecule has 0 bridgehead atoms. The lowest BCUT2D eigenvalue weighted by molar-refractivity contribution is 0.142. The fraction of sp³-hybridized carbons (Fsp3) is 0.571. The highest BCUT2D eigenvalue weighted by molar-refractivity contribution is 6.35. The average molecular weight is 322 g/mol. The Labute approximate surface area is 130 Å². The van der Waals surface area contributed by atoms with Crippen LogP contribution in [-0.4, -0.2) is 31.1 Å². The lowest BCUT2D eigenvalue weighted by Gasteiger charge is -2.34. The second-order valence-corrected chi connectivity index (χ2v) is 6.28. The van der Waals surface area contributed by atoms with Crippen molar-refractivity contribution >= 4 is 35.6 Å². The molecule has 0 aliphatic carbocycles. The number of benzene rings is 1. The zero-order valence-corrected chi connectivity index (χ0v) is 13.1. The molecule has 0 spiro atoms. The molecule has 106 valence electrons. The van der Waals surface area contributed by atoms with Gasteiger partial charge in [0.15, 0.2) is 0 Å². The van der Waals surface area contributed by atoms with Crippen molar-refractivity contribution in [1.82, 2.24) is 10.2 Å². The molecule has 1 aromatic carbocycles. The molecule has 0 radical (unpaired) electrons. The summed E-state index contributed by atoms with van der Waals surface area (Å²) in [5.41, 5.74) is 1.19. The van der Waals surface area contributed by atoms with Gasteiger partial charge >= 0.3 is 0 Å². The summed E-state index contributed by atoms with van der Waals surface area (Å²) in [6.45, 7) is 5.70. The van der Waals surface area contributed by atoms with Gasteiger partial charge in [-0.3, -0.25) is 4.90 Å². The van der Waals surface area contributed by atoms with Gasteiger partial charge < -0.3 is 5.32 Å². The SMILES string of the molecule is Cl.Clc1ccc(CN2CCC3CNCC3C2)c(Cl)c1. The minimum atomic E-state index is 0. The first-order valence-electron chi connectivity index (χ1n) is 6.59. The smallest absolute Gasteiger partial charge is 0.0465 e. The Balaban J connectivity index is 0.00000133. The highest BCUT2D eigenvalue weighted by atomic mass is 35.5. The van der Waals surface area contributed by atoms with Crippen molar-refractivity contribution in [1.29, 1.82) is 0 Å². The quantitative estimate of drug-likeness (QED) is 0.897. The molecule has 2 saturated heterocycles. The summed E-state index contributed by atoms with van der Waals surface area (Å²) >= 11 is 12.2. The fourth-order valence-electron chi connectivity index (χ4n) is 3.14. The van der Waals surface area contributed by atoms with Gasteiger partial charge in [0.25, 0.3) is 0 Å². The van der Waals surface area contributed by atoms with E-state index in [1.54, 1.807) is 0 Å². The number of fused-ring (bicyclic) bond motifs is 1. The van der Waals surface area contributed by atoms with Gasteiger partial charge in [-0.2, -0.15) is 0 Å². The van der Waals surface area contributed by atoms with Crippen LogP contribution < -0.4 is 5.32 Å². The maximum atomic E-state index is 6.24. The van der Waals surface area contributed by atoms with Crippen molar-refractivity contribution in [3.63, 3.8) is 0 Å². The normalized spacial score (nSPS) is 26.8. The lowest BCUT2D eigenvalue weighted by Crippen LogP contribution is -2.39. The standard InChI is InChI=1S/C14H18Cl2N2.ClH/c15-13-2-1-11(14(16)5-13)8-18-4-3-10-6-17-7-12(10)9-18;/h1-2,5,10,12,17H,3-4,6-9H2;1H. The van der Waals surface area contributed by atoms with Crippen LogP contribution in [0.1, 0.15) is 12.0 Å². The van der Waals surface area contributed by atoms with Crippen molar-refractivity contribution in [2.24, 2.45) is 11.8 Å². The highest BCUT2D eigenvalue weighted by Crippen LogP contribution is 2.29. The van der Waals surface area contributed by atoms with Crippen molar-refractivity contribution < 1.29 is 0 Å². The summed E-state index contributed by atoms with van der Waals surface area (Å²) in [6.07, 6.45) is 1.31. The van der Waals surface area contributed by atoms with E-state index in [4.69, 9.17) is 23.2 Å². The predicted octanol–water partition coefficient (Wildman–Crippen LogP) is 3.46. The molecule has 2 fully saturated rings. The Morgan fingerprint density at radius 1 is 1.21 bits per heavy atom. The molecule has 1 N–H and O–H groups in total. The zero-order chi connectivity index (χ0) is 12.5. The van der Waals surface area contributed by atoms with Crippen LogP contribution >= 0.6 is 35.6 Å². The largest absolute Gasteiger partial charge is 0.316 e. The minimum absolute atomic E-state index is 0. The van der Waals surface area contributed by atoms with Crippen LogP contribution in [-0.2, 0) is 6.54 Å². The summed E-state index contributed by atoms with van der Waals surface area (Å²) in [4.78, 5) is 2.52. The molecular weight excluding hydrogens is 303 g/mol. The minimum Gasteiger partial charge on any atom is -0.316 e. The van der Waals surface area contributed by atoms with E-state index in [-0.39, 0.29) is 12.4 Å². The molecule has 2 atom stereocenters. The van der Waals surface area contributed by atoms with Crippen LogP contribution in [0.3, 0.4) is 0 Å². The van der Waals surface area contributed by atoms with E-state index in [1.807, 2.05) is 18.2 Å². The van der Waals surface area contributed by atoms with Crippen LogP contribution in [0.2, 0.25) is 10.0 Å². The molecule has 0 saturated carbocycles. The van der Waals surface area contributed by atoms with Crippen LogP contribution in [0.4, 0.5) is 0 Å². The summed E-state index contributed by atoms with van der Waals surface area (Å²) < 4.78 is 0. The molecule has 1 aromatic rings. The van der Waals surface area contributed by atoms with Crippen molar-refractivity contribution in [3.05, 3.63) is 33.8 Å². The molecule has 5 heteroatoms. The van der Waals surface area contributed by atoms with Gasteiger partial charge in [-0.1, -0.05) is 29.3 Å². The Hall–Kier alpha value is 0.01000. The number of hydrogen-bond donors (Lipinski definition) is 1. The van der Waals surface area contributed by atoms with Crippen LogP contribution in [0, 0.1) is 11.8 Å². The van der Waals surface area contributed by atoms with Gasteiger partial charge in [-0.05, 0) is 55.6 Å². The lowest BCUT2D eigenvalue weighted by atomic mass is 9.88. The van der Waals surface area contributed by atoms with E-state index < -0.39 is 0 Å². The number of rotatable bonds is 2. The first-order chi connectivity index (χ1) is 8.72. The van der Waals surface area contributed by atoms with Crippen molar-refractivity contribution in [2.75, 3.05) is 26.2 Å². The van der Waals surface area contributed by atoms with E-state index in [2.05, 4.69) is 10.2 Å². The summed E-state index contributed by atoms with van der Waals surface area (Å²) in [7, 11) is 0. The number of nitrogens with zero attached hydrogens (tertiary/aromatic N) is 1. The molecule has 2 aliphatic heterocycles. The van der Waals surface area contributed by atoms with E-state index >= 15 is 0 Å². The van der Waals surface area contributed by atoms with E-state index in [0.29, 0.717) is 5.02 Å². The van der Waals surface area contributed by atoms with E-state index in [1.165, 1.54) is 38.2 Å². The number of nitrogens with one attached hydrogen (secondary N) is 1. The van der Waals surface area contributed by atoms with Crippen LogP contribution in [0.5, 0.6) is 0 Å². The fourth-order valence-corrected chi connectivity index (χ4v) is 3.61. The van der Waals surface area contributed by atoms with Gasteiger partial charge in [0.2, 0.25) is 0 Å². The van der Waals surface area contributed by atoms with Gasteiger partial charge in [0.05, 0.1) is 0 Å². The molecule has 2 nitrogen and oxygen atoms in total. The maximum absolute atomic E-state index is 6.24. The van der Waals surface area contributed by atoms with Crippen LogP contribution in [0.15, 0.2) is 18.2 Å². The third-order valence-corrected chi connectivity index (χ3v) is 4.78. The number of halogens is 3. The maximum Gasteiger partial charge on any atom is 0.0465 e. The highest BCUT2D eigenvalue weighted by Gasteiger charge is 2.32. The number of piperidine rings is 1. The van der Waals surface area contributed by atoms with Crippen molar-refractivity contribution in [2.45, 2.75) is 13.0 Å². The first kappa shape index (κ1) is 15.4. The Bertz CT molecular complexity index is 439. The summed E-state index contributed by atoms with van der Waals surface area (Å²) in [5.74, 6) is 1.71. The van der Waals surface area contributed by atoms with Crippen molar-refractivity contribution in [3.8, 4) is 0 Å². The Morgan fingerprint density at radius 2 is 2.00 bits per heavy atom. The monoisotopic (exact) mass is 320 g/mol. The third kappa shape index (κ3) is 3.56. The third-order valence-electron chi connectivity index (χ3n) is 4.20. The second kappa shape index (κ2) is 6.64. The second-order valence-electron chi connectivity index (χ2n) is 5.44. The molecule has 0 amide bonds. The van der Waals surface area contributed by atoms with E-state index in [0.717, 1.165) is 23.4 Å². The van der Waals surface area contributed by atoms with E-state index in [9.17, 15) is 0 Å². The molecule has 3 rings (SSSR count). The average Bonchev–Trinajstić information content (AvgIpc) is 2.80. The van der Waals surface area contributed by atoms with Gasteiger partial charge in [-0.25, -0.2) is 0 Å². The molecular formula is C14H19Cl3N2. The summed E-state index contributed by atoms with van der Waals surface area (Å²) in [6, 6.07) is 5.80. The number of hydrogen-bond acceptors (Lipinski definition) is 2. The zero-order valence-electron chi connectivity index (χ0n) is 10.7. The molecule has 2 heterocycles. The topological polar surface area (TPSA) is 15.3 Å². The van der Waals surface area contributed by atoms with Crippen LogP contribution in [0.25, 0.3) is 0 Å². The number of likely N-dealkylation sites (tertiary alicyclic amines) is 1. The van der Waals surface area contributed by atoms with Gasteiger partial charge in [-0.15, -0.1) is 12.4 Å². The molecule has 19 heavy (non-hydrogen) atoms.